The first-order chi connectivity index (χ1) is 14.4. The topological polar surface area (TPSA) is 135 Å². The van der Waals surface area contributed by atoms with Gasteiger partial charge in [-0.2, -0.15) is 5.10 Å². The highest BCUT2D eigenvalue weighted by Crippen LogP contribution is 2.34. The lowest BCUT2D eigenvalue weighted by atomic mass is 10.1. The Hall–Kier alpha value is -2.83. The van der Waals surface area contributed by atoms with Crippen molar-refractivity contribution >= 4 is 72.0 Å². The summed E-state index contributed by atoms with van der Waals surface area (Å²) in [5.41, 5.74) is 1.14. The van der Waals surface area contributed by atoms with E-state index in [1.807, 2.05) is 0 Å². The number of phenols is 1. The van der Waals surface area contributed by atoms with Crippen LogP contribution in [0.3, 0.4) is 0 Å². The van der Waals surface area contributed by atoms with Gasteiger partial charge >= 0.3 is 0 Å². The Morgan fingerprint density at radius 2 is 1.90 bits per heavy atom. The van der Waals surface area contributed by atoms with Crippen LogP contribution in [0.4, 0.5) is 15.9 Å². The van der Waals surface area contributed by atoms with E-state index in [-0.39, 0.29) is 44.9 Å². The van der Waals surface area contributed by atoms with Gasteiger partial charge in [-0.25, -0.2) is 19.0 Å². The molecule has 152 valence electrons. The van der Waals surface area contributed by atoms with Crippen molar-refractivity contribution in [3.63, 3.8) is 0 Å². The molecule has 0 aliphatic heterocycles. The van der Waals surface area contributed by atoms with Gasteiger partial charge in [-0.1, -0.05) is 27.5 Å². The SMILES string of the molecule is NN=C(c1cc(Br)cc(Br)c1O)c1nc2nonc2nc1Nc1ccc(F)c(Cl)c1. The Balaban J connectivity index is 1.90. The molecule has 9 nitrogen and oxygen atoms in total. The number of phenolic OH excluding ortho intramolecular Hbond substituents is 1. The first kappa shape index (κ1) is 20.4. The minimum Gasteiger partial charge on any atom is -0.506 e. The summed E-state index contributed by atoms with van der Waals surface area (Å²) in [4.78, 5) is 8.70. The molecule has 30 heavy (non-hydrogen) atoms. The lowest BCUT2D eigenvalue weighted by Gasteiger charge is -2.13. The van der Waals surface area contributed by atoms with Crippen LogP contribution >= 0.6 is 43.5 Å². The van der Waals surface area contributed by atoms with E-state index in [2.05, 4.69) is 67.2 Å². The highest BCUT2D eigenvalue weighted by Gasteiger charge is 2.23. The first-order valence-corrected chi connectivity index (χ1v) is 10.0. The van der Waals surface area contributed by atoms with Gasteiger partial charge in [0.15, 0.2) is 5.82 Å². The standard InChI is InChI=1S/C17H9Br2ClFN7O2/c18-6-3-8(14(29)9(19)4-6)12(26-22)13-15(25-17-16(24-13)27-30-28-17)23-7-1-2-11(21)10(20)5-7/h1-5,29H,22H2,(H,23,25,28). The summed E-state index contributed by atoms with van der Waals surface area (Å²) in [7, 11) is 0. The Kier molecular flexibility index (Phi) is 5.54. The number of hydrogen-bond donors (Lipinski definition) is 3. The molecule has 0 saturated heterocycles. The number of aromatic hydroxyl groups is 1. The van der Waals surface area contributed by atoms with Crippen molar-refractivity contribution in [2.45, 2.75) is 0 Å². The quantitative estimate of drug-likeness (QED) is 0.190. The maximum atomic E-state index is 13.5. The molecule has 0 aliphatic carbocycles. The monoisotopic (exact) mass is 555 g/mol. The molecule has 4 aromatic rings. The van der Waals surface area contributed by atoms with Crippen LogP contribution in [0.25, 0.3) is 11.3 Å². The van der Waals surface area contributed by atoms with Crippen LogP contribution in [0.2, 0.25) is 5.02 Å². The molecule has 2 aromatic carbocycles. The van der Waals surface area contributed by atoms with Crippen LogP contribution in [0.15, 0.2) is 49.0 Å². The summed E-state index contributed by atoms with van der Waals surface area (Å²) >= 11 is 12.5. The van der Waals surface area contributed by atoms with Crippen LogP contribution in [-0.4, -0.2) is 31.1 Å². The summed E-state index contributed by atoms with van der Waals surface area (Å²) in [6.07, 6.45) is 0. The third kappa shape index (κ3) is 3.80. The predicted molar refractivity (Wildman–Crippen MR) is 115 cm³/mol. The third-order valence-electron chi connectivity index (χ3n) is 3.93. The molecule has 0 amide bonds. The van der Waals surface area contributed by atoms with Gasteiger partial charge in [0, 0.05) is 15.7 Å². The van der Waals surface area contributed by atoms with Crippen LogP contribution in [0.5, 0.6) is 5.75 Å². The highest BCUT2D eigenvalue weighted by atomic mass is 79.9. The van der Waals surface area contributed by atoms with Crippen LogP contribution in [0.1, 0.15) is 11.3 Å². The Labute approximate surface area is 189 Å². The van der Waals surface area contributed by atoms with E-state index < -0.39 is 5.82 Å². The fourth-order valence-electron chi connectivity index (χ4n) is 2.61. The zero-order valence-corrected chi connectivity index (χ0v) is 18.5. The van der Waals surface area contributed by atoms with Gasteiger partial charge in [-0.05, 0) is 56.6 Å². The van der Waals surface area contributed by atoms with Crippen molar-refractivity contribution in [2.24, 2.45) is 10.9 Å². The fourth-order valence-corrected chi connectivity index (χ4v) is 4.01. The smallest absolute Gasteiger partial charge is 0.245 e. The minimum absolute atomic E-state index is 0.0834. The fraction of sp³-hybridized carbons (Fsp3) is 0. The molecular formula is C17H9Br2ClFN7O2. The highest BCUT2D eigenvalue weighted by molar-refractivity contribution is 9.11. The molecule has 0 spiro atoms. The van der Waals surface area contributed by atoms with Gasteiger partial charge in [-0.3, -0.25) is 0 Å². The van der Waals surface area contributed by atoms with Crippen molar-refractivity contribution in [1.82, 2.24) is 20.3 Å². The second-order valence-electron chi connectivity index (χ2n) is 5.85. The number of aromatic nitrogens is 4. The van der Waals surface area contributed by atoms with Gasteiger partial charge < -0.3 is 16.3 Å². The maximum absolute atomic E-state index is 13.5. The Morgan fingerprint density at radius 1 is 1.17 bits per heavy atom. The summed E-state index contributed by atoms with van der Waals surface area (Å²) in [5, 5.41) is 24.6. The Bertz CT molecular complexity index is 1320. The molecule has 0 fully saturated rings. The number of nitrogens with zero attached hydrogens (tertiary/aromatic N) is 5. The van der Waals surface area contributed by atoms with E-state index >= 15 is 0 Å². The zero-order valence-electron chi connectivity index (χ0n) is 14.6. The molecule has 4 N–H and O–H groups in total. The number of anilines is 2. The van der Waals surface area contributed by atoms with Gasteiger partial charge in [0.05, 0.1) is 9.50 Å². The molecule has 0 saturated carbocycles. The summed E-state index contributed by atoms with van der Waals surface area (Å²) in [5.74, 6) is 5.12. The number of benzene rings is 2. The summed E-state index contributed by atoms with van der Waals surface area (Å²) in [6, 6.07) is 7.30. The molecule has 0 aliphatic rings. The predicted octanol–water partition coefficient (Wildman–Crippen LogP) is 4.49. The second-order valence-corrected chi connectivity index (χ2v) is 8.02. The first-order valence-electron chi connectivity index (χ1n) is 8.06. The van der Waals surface area contributed by atoms with Crippen LogP contribution in [0, 0.1) is 5.82 Å². The van der Waals surface area contributed by atoms with Crippen LogP contribution < -0.4 is 11.2 Å². The molecule has 2 heterocycles. The maximum Gasteiger partial charge on any atom is 0.245 e. The van der Waals surface area contributed by atoms with E-state index in [1.54, 1.807) is 12.1 Å². The molecule has 4 rings (SSSR count). The zero-order chi connectivity index (χ0) is 21.4. The number of nitrogens with two attached hydrogens (primary N) is 1. The van der Waals surface area contributed by atoms with Gasteiger partial charge in [0.25, 0.3) is 0 Å². The third-order valence-corrected chi connectivity index (χ3v) is 5.29. The molecular weight excluding hydrogens is 548 g/mol. The van der Waals surface area contributed by atoms with E-state index in [0.29, 0.717) is 14.6 Å². The van der Waals surface area contributed by atoms with Crippen molar-refractivity contribution in [2.75, 3.05) is 5.32 Å². The normalized spacial score (nSPS) is 11.8. The van der Waals surface area contributed by atoms with Gasteiger partial charge in [0.1, 0.15) is 23.0 Å². The summed E-state index contributed by atoms with van der Waals surface area (Å²) in [6.45, 7) is 0. The number of halogens is 4. The molecule has 0 bridgehead atoms. The van der Waals surface area contributed by atoms with Gasteiger partial charge in [-0.15, -0.1) is 0 Å². The molecule has 0 unspecified atom stereocenters. The van der Waals surface area contributed by atoms with E-state index in [0.717, 1.165) is 0 Å². The molecule has 13 heteroatoms. The number of hydrazone groups is 1. The number of rotatable bonds is 4. The molecule has 2 aromatic heterocycles. The van der Waals surface area contributed by atoms with Gasteiger partial charge in [0.2, 0.25) is 11.3 Å². The van der Waals surface area contributed by atoms with Crippen LogP contribution in [-0.2, 0) is 0 Å². The average Bonchev–Trinajstić information content (AvgIpc) is 3.16. The van der Waals surface area contributed by atoms with Crippen molar-refractivity contribution in [1.29, 1.82) is 0 Å². The Morgan fingerprint density at radius 3 is 2.60 bits per heavy atom. The second kappa shape index (κ2) is 8.13. The average molecular weight is 558 g/mol. The lowest BCUT2D eigenvalue weighted by molar-refractivity contribution is 0.314. The summed E-state index contributed by atoms with van der Waals surface area (Å²) < 4.78 is 19.3. The lowest BCUT2D eigenvalue weighted by Crippen LogP contribution is -2.14. The number of nitrogens with one attached hydrogen (secondary N) is 1. The van der Waals surface area contributed by atoms with E-state index in [1.165, 1.54) is 18.2 Å². The minimum atomic E-state index is -0.571. The molecule has 0 radical (unpaired) electrons. The van der Waals surface area contributed by atoms with Crippen molar-refractivity contribution in [3.05, 3.63) is 61.4 Å². The van der Waals surface area contributed by atoms with Crippen molar-refractivity contribution < 1.29 is 14.1 Å². The number of hydrogen-bond acceptors (Lipinski definition) is 9. The number of fused-ring (bicyclic) bond motifs is 1. The van der Waals surface area contributed by atoms with E-state index in [9.17, 15) is 9.50 Å². The largest absolute Gasteiger partial charge is 0.506 e. The molecule has 0 atom stereocenters. The van der Waals surface area contributed by atoms with Crippen molar-refractivity contribution in [3.8, 4) is 5.75 Å². The van der Waals surface area contributed by atoms with E-state index in [4.69, 9.17) is 17.4 Å².